The zero-order chi connectivity index (χ0) is 98.0. The molecular formula is C106H89N23O12. The molecule has 18 rings (SSSR count). The Labute approximate surface area is 810 Å². The molecule has 0 unspecified atom stereocenters. The zero-order valence-corrected chi connectivity index (χ0v) is 75.7. The summed E-state index contributed by atoms with van der Waals surface area (Å²) in [5.41, 5.74) is 10.8. The average molecular weight is 1880 g/mol. The van der Waals surface area contributed by atoms with Gasteiger partial charge in [0.15, 0.2) is 11.5 Å². The number of rotatable bonds is 24. The smallest absolute Gasteiger partial charge is 0.275 e. The first kappa shape index (κ1) is 100.0. The Kier molecular flexibility index (Phi) is 36.7. The molecule has 0 aliphatic rings. The summed E-state index contributed by atoms with van der Waals surface area (Å²) in [5, 5.41) is 16.6. The van der Waals surface area contributed by atoms with Crippen molar-refractivity contribution >= 4 is 70.0 Å². The maximum absolute atomic E-state index is 12.3. The van der Waals surface area contributed by atoms with Crippen molar-refractivity contribution in [3.8, 4) is 81.9 Å². The summed E-state index contributed by atoms with van der Waals surface area (Å²) in [6.07, 6.45) is 39.5. The molecule has 0 saturated carbocycles. The molecule has 6 N–H and O–H groups in total. The van der Waals surface area contributed by atoms with E-state index in [1.807, 2.05) is 114 Å². The van der Waals surface area contributed by atoms with E-state index in [9.17, 15) is 28.8 Å². The number of aromatic nitrogens is 17. The first-order valence-corrected chi connectivity index (χ1v) is 42.5. The summed E-state index contributed by atoms with van der Waals surface area (Å²) in [4.78, 5) is 142. The second kappa shape index (κ2) is 51.8. The number of carbonyl (C=O) groups is 6. The van der Waals surface area contributed by atoms with Gasteiger partial charge < -0.3 is 60.3 Å². The molecule has 0 saturated heterocycles. The summed E-state index contributed by atoms with van der Waals surface area (Å²) in [6, 6.07) is 67.4. The van der Waals surface area contributed by atoms with Gasteiger partial charge in [-0.2, -0.15) is 15.0 Å². The van der Waals surface area contributed by atoms with Crippen LogP contribution in [-0.2, 0) is 0 Å². The van der Waals surface area contributed by atoms with Crippen LogP contribution in [0.5, 0.6) is 69.5 Å². The second-order valence-corrected chi connectivity index (χ2v) is 29.6. The first-order chi connectivity index (χ1) is 68.2. The van der Waals surface area contributed by atoms with Gasteiger partial charge in [0.25, 0.3) is 35.4 Å². The number of hydrogen-bond donors (Lipinski definition) is 6. The Bertz CT molecular complexity index is 6710. The van der Waals surface area contributed by atoms with Crippen LogP contribution in [0.25, 0.3) is 0 Å². The number of hydrogen-bond acceptors (Lipinski definition) is 29. The van der Waals surface area contributed by atoms with Gasteiger partial charge in [0, 0.05) is 125 Å². The molecule has 0 aliphatic heterocycles. The Morgan fingerprint density at radius 3 is 1.08 bits per heavy atom. The number of pyridine rings is 13. The second-order valence-electron chi connectivity index (χ2n) is 29.6. The van der Waals surface area contributed by atoms with E-state index in [2.05, 4.69) is 123 Å². The monoisotopic (exact) mass is 1880 g/mol. The van der Waals surface area contributed by atoms with Gasteiger partial charge in [0.2, 0.25) is 23.5 Å². The number of amides is 6. The minimum Gasteiger partial charge on any atom is -0.452 e. The van der Waals surface area contributed by atoms with Gasteiger partial charge >= 0.3 is 0 Å². The summed E-state index contributed by atoms with van der Waals surface area (Å²) in [6.45, 7) is 11.4. The molecule has 0 atom stereocenters. The van der Waals surface area contributed by atoms with E-state index in [1.54, 1.807) is 213 Å². The normalized spacial score (nSPS) is 10.0. The van der Waals surface area contributed by atoms with Gasteiger partial charge in [-0.15, -0.1) is 6.42 Å². The number of benzene rings is 3. The lowest BCUT2D eigenvalue weighted by molar-refractivity contribution is 0.101. The van der Waals surface area contributed by atoms with Gasteiger partial charge in [-0.1, -0.05) is 90.7 Å². The van der Waals surface area contributed by atoms with Crippen molar-refractivity contribution in [3.63, 3.8) is 0 Å². The van der Waals surface area contributed by atoms with E-state index in [-0.39, 0.29) is 42.9 Å². The molecule has 0 bridgehead atoms. The minimum atomic E-state index is -0.346. The quantitative estimate of drug-likeness (QED) is 0.0306. The number of carbonyl (C=O) groups excluding carboxylic acids is 6. The molecule has 0 spiro atoms. The molecule has 18 aromatic rings. The maximum atomic E-state index is 12.3. The topological polar surface area (TPSA) is 449 Å². The number of anilines is 6. The SMILES string of the molecule is C.C#Cc1cncc(C(=O)Nc2cncc(Oc3cncnc3)c2)c1.Cc1cccc(C(=O)Nc2cccc(Oc3ccc(C)nc3)n2)c1.Cc1cccc(C(=O)Nc2cccc(Oc3cccnc3)n2)c1.Cc1cccc(C(=O)Nc2cccc(Oc3cccnc3)n2)n1.Cc1cccc(C(=O)Nc2ccnc(Oc3cccnc3)c2)c1.Cc1cncc(C(=O)Nc2cncc(Oc3cncnc3)c2)c1. The van der Waals surface area contributed by atoms with Crippen LogP contribution >= 0.6 is 0 Å². The molecular weight excluding hydrogens is 1790 g/mol. The van der Waals surface area contributed by atoms with Gasteiger partial charge in [0.1, 0.15) is 70.3 Å². The van der Waals surface area contributed by atoms with Crippen LogP contribution in [0.4, 0.5) is 34.5 Å². The van der Waals surface area contributed by atoms with Crippen molar-refractivity contribution in [1.82, 2.24) is 84.7 Å². The Hall–Kier alpha value is -20.0. The van der Waals surface area contributed by atoms with Crippen LogP contribution in [0.15, 0.2) is 367 Å². The van der Waals surface area contributed by atoms with E-state index in [1.165, 1.54) is 80.8 Å². The van der Waals surface area contributed by atoms with Crippen molar-refractivity contribution in [3.05, 3.63) is 440 Å². The van der Waals surface area contributed by atoms with Gasteiger partial charge in [-0.25, -0.2) is 29.9 Å². The maximum Gasteiger partial charge on any atom is 0.275 e. The van der Waals surface area contributed by atoms with Crippen molar-refractivity contribution in [1.29, 1.82) is 0 Å². The molecule has 35 heteroatoms. The lowest BCUT2D eigenvalue weighted by atomic mass is 10.1. The molecule has 35 nitrogen and oxygen atoms in total. The van der Waals surface area contributed by atoms with Crippen LogP contribution < -0.4 is 60.3 Å². The van der Waals surface area contributed by atoms with E-state index in [0.717, 1.165) is 33.6 Å². The Morgan fingerprint density at radius 2 is 0.645 bits per heavy atom. The molecule has 3 aromatic carbocycles. The van der Waals surface area contributed by atoms with Crippen LogP contribution in [0.1, 0.15) is 109 Å². The number of nitrogens with zero attached hydrogens (tertiary/aromatic N) is 17. The number of ether oxygens (including phenoxy) is 6. The summed E-state index contributed by atoms with van der Waals surface area (Å²) < 4.78 is 33.6. The third-order valence-corrected chi connectivity index (χ3v) is 18.3. The minimum absolute atomic E-state index is 0. The van der Waals surface area contributed by atoms with Crippen molar-refractivity contribution in [2.75, 3.05) is 31.9 Å². The molecule has 15 aromatic heterocycles. The standard InChI is InChI=1S/C19H17N3O2.2C18H15N3O2.C17H11N5O2.C17H14N4O2.C16H13N5O2.CH4/c1-13-5-3-6-15(11-13)19(23)22-17-7-4-8-18(21-17)24-16-10-9-14(2)20-12-16;1-13-5-2-6-14(11-13)18(22)21-16-8-3-9-17(20-16)23-15-7-4-10-19-12-15;1-13-4-2-5-14(10-13)18(22)21-15-7-9-20-17(11-15)23-16-6-3-8-19-12-16;1-2-12-3-13(6-18-5-12)17(23)22-14-4-15(8-19-7-14)24-16-9-20-11-21-10-16;1-12-5-2-7-14(19-12)17(22)21-15-8-3-9-16(20-15)23-13-6-4-10-18-11-13;1-11-2-12(5-17-4-11)16(22)21-13-3-14(7-18-6-13)23-15-8-19-10-20-9-15;/h3-12H,1-2H3,(H,21,22,23);2*2-12H,1H3,(H,20,21,22);1,3-11H,(H,22,23);2-11H,1H3,(H,20,21,22);2-10H,1H3,(H,21,22);1H4. The van der Waals surface area contributed by atoms with E-state index < -0.39 is 0 Å². The molecule has 141 heavy (non-hydrogen) atoms. The average Bonchev–Trinajstić information content (AvgIpc) is 0.889. The van der Waals surface area contributed by atoms with E-state index in [0.29, 0.717) is 143 Å². The Balaban J connectivity index is 0.000000151. The van der Waals surface area contributed by atoms with Crippen LogP contribution in [0.3, 0.4) is 0 Å². The molecule has 0 aliphatic carbocycles. The highest BCUT2D eigenvalue weighted by atomic mass is 16.5. The fourth-order valence-corrected chi connectivity index (χ4v) is 11.9. The molecule has 6 amide bonds. The highest BCUT2D eigenvalue weighted by molar-refractivity contribution is 6.07. The third-order valence-electron chi connectivity index (χ3n) is 18.3. The molecule has 0 fully saturated rings. The highest BCUT2D eigenvalue weighted by Gasteiger charge is 2.17. The fourth-order valence-electron chi connectivity index (χ4n) is 11.9. The van der Waals surface area contributed by atoms with Crippen LogP contribution in [-0.4, -0.2) is 120 Å². The van der Waals surface area contributed by atoms with Crippen molar-refractivity contribution < 1.29 is 57.2 Å². The van der Waals surface area contributed by atoms with Gasteiger partial charge in [0.05, 0.1) is 96.9 Å². The highest BCUT2D eigenvalue weighted by Crippen LogP contribution is 2.29. The summed E-state index contributed by atoms with van der Waals surface area (Å²) >= 11 is 0. The lowest BCUT2D eigenvalue weighted by Crippen LogP contribution is -2.14. The predicted molar refractivity (Wildman–Crippen MR) is 530 cm³/mol. The number of nitrogens with one attached hydrogen (secondary N) is 6. The third kappa shape index (κ3) is 33.3. The Morgan fingerprint density at radius 1 is 0.255 bits per heavy atom. The number of aryl methyl sites for hydroxylation is 6. The van der Waals surface area contributed by atoms with Gasteiger partial charge in [-0.05, 0) is 181 Å². The fraction of sp³-hybridized carbons (Fsp3) is 0.0660. The largest absolute Gasteiger partial charge is 0.452 e. The summed E-state index contributed by atoms with van der Waals surface area (Å²) in [5.74, 6) is 7.91. The van der Waals surface area contributed by atoms with Crippen molar-refractivity contribution in [2.45, 2.75) is 49.0 Å². The summed E-state index contributed by atoms with van der Waals surface area (Å²) in [7, 11) is 0. The van der Waals surface area contributed by atoms with Gasteiger partial charge in [-0.3, -0.25) is 68.6 Å². The number of terminal acetylenes is 1. The van der Waals surface area contributed by atoms with E-state index in [4.69, 9.17) is 34.8 Å². The lowest BCUT2D eigenvalue weighted by Gasteiger charge is -2.08. The molecule has 0 radical (unpaired) electrons. The van der Waals surface area contributed by atoms with Crippen molar-refractivity contribution in [2.24, 2.45) is 0 Å². The predicted octanol–water partition coefficient (Wildman–Crippen LogP) is 20.6. The zero-order valence-electron chi connectivity index (χ0n) is 75.7. The first-order valence-electron chi connectivity index (χ1n) is 42.5. The van der Waals surface area contributed by atoms with E-state index >= 15 is 0 Å². The van der Waals surface area contributed by atoms with Crippen LogP contribution in [0.2, 0.25) is 0 Å². The van der Waals surface area contributed by atoms with Crippen LogP contribution in [0, 0.1) is 53.9 Å². The molecule has 700 valence electrons. The molecule has 15 heterocycles.